The van der Waals surface area contributed by atoms with Gasteiger partial charge in [-0.2, -0.15) is 0 Å². The summed E-state index contributed by atoms with van der Waals surface area (Å²) in [6, 6.07) is 5.64. The molecule has 0 heterocycles. The van der Waals surface area contributed by atoms with Gasteiger partial charge in [0, 0.05) is 19.4 Å². The third-order valence-electron chi connectivity index (χ3n) is 3.05. The predicted molar refractivity (Wildman–Crippen MR) is 67.9 cm³/mol. The summed E-state index contributed by atoms with van der Waals surface area (Å²) in [5.74, 6) is -1.62. The van der Waals surface area contributed by atoms with Crippen LogP contribution in [-0.2, 0) is 0 Å². The van der Waals surface area contributed by atoms with Crippen molar-refractivity contribution in [1.82, 2.24) is 0 Å². The first-order valence-corrected chi connectivity index (χ1v) is 5.79. The average molecular weight is 271 g/mol. The highest BCUT2D eigenvalue weighted by atomic mass is 16.4. The summed E-state index contributed by atoms with van der Waals surface area (Å²) in [6.45, 7) is 3.32. The molecule has 0 radical (unpaired) electrons. The van der Waals surface area contributed by atoms with E-state index in [-0.39, 0.29) is 15.8 Å². The highest BCUT2D eigenvalue weighted by Gasteiger charge is 2.26. The molecule has 3 N–H and O–H groups in total. The average Bonchev–Trinajstić information content (AvgIpc) is 2.29. The first-order valence-electron chi connectivity index (χ1n) is 5.79. The number of hydrogen-bond donors (Lipinski definition) is 3. The molecular formula is C13H21NO5. The van der Waals surface area contributed by atoms with Gasteiger partial charge in [0.05, 0.1) is 20.1 Å². The zero-order chi connectivity index (χ0) is 15.2. The van der Waals surface area contributed by atoms with E-state index in [9.17, 15) is 9.90 Å². The minimum atomic E-state index is -1.36. The Bertz CT molecular complexity index is 405. The smallest absolute Gasteiger partial charge is 0.189 e. The maximum Gasteiger partial charge on any atom is 0.189 e. The van der Waals surface area contributed by atoms with E-state index < -0.39 is 18.4 Å². The summed E-state index contributed by atoms with van der Waals surface area (Å²) >= 11 is 0. The van der Waals surface area contributed by atoms with Crippen LogP contribution in [0.5, 0.6) is 5.75 Å². The van der Waals surface area contributed by atoms with Gasteiger partial charge in [0.15, 0.2) is 12.5 Å². The molecule has 0 spiro atoms. The van der Waals surface area contributed by atoms with Crippen LogP contribution in [0.4, 0.5) is 0 Å². The van der Waals surface area contributed by atoms with Crippen molar-refractivity contribution < 1.29 is 29.7 Å². The van der Waals surface area contributed by atoms with Crippen LogP contribution in [0.3, 0.4) is 0 Å². The van der Waals surface area contributed by atoms with Gasteiger partial charge in [0.2, 0.25) is 0 Å². The first kappa shape index (κ1) is 17.4. The molecule has 0 aliphatic heterocycles. The maximum atomic E-state index is 10.2. The van der Waals surface area contributed by atoms with Gasteiger partial charge in [-0.15, -0.1) is 0 Å². The van der Waals surface area contributed by atoms with E-state index in [1.807, 2.05) is 0 Å². The van der Waals surface area contributed by atoms with Crippen LogP contribution < -0.4 is 5.11 Å². The Hall–Kier alpha value is -1.63. The molecule has 2 atom stereocenters. The molecule has 0 bridgehead atoms. The Morgan fingerprint density at radius 3 is 1.79 bits per heavy atom. The highest BCUT2D eigenvalue weighted by Crippen LogP contribution is 2.13. The molecule has 0 fully saturated rings. The lowest BCUT2D eigenvalue weighted by atomic mass is 10.2. The van der Waals surface area contributed by atoms with Crippen molar-refractivity contribution >= 4 is 5.97 Å². The van der Waals surface area contributed by atoms with Gasteiger partial charge >= 0.3 is 0 Å². The van der Waals surface area contributed by atoms with Gasteiger partial charge in [-0.1, -0.05) is 12.1 Å². The van der Waals surface area contributed by atoms with Gasteiger partial charge in [-0.05, 0) is 12.1 Å². The number of carboxylic acids is 1. The van der Waals surface area contributed by atoms with Crippen LogP contribution in [0, 0.1) is 0 Å². The Kier molecular flexibility index (Phi) is 6.47. The molecule has 19 heavy (non-hydrogen) atoms. The lowest BCUT2D eigenvalue weighted by molar-refractivity contribution is -0.974. The normalized spacial score (nSPS) is 14.0. The fraction of sp³-hybridized carbons (Fsp3) is 0.462. The van der Waals surface area contributed by atoms with E-state index in [1.54, 1.807) is 34.0 Å². The molecule has 1 aromatic rings. The number of quaternary nitrogens is 1. The quantitative estimate of drug-likeness (QED) is 0.508. The number of aromatic hydroxyl groups is 1. The van der Waals surface area contributed by atoms with Crippen LogP contribution in [-0.4, -0.2) is 52.3 Å². The van der Waals surface area contributed by atoms with Crippen LogP contribution in [0.1, 0.15) is 24.2 Å². The van der Waals surface area contributed by atoms with Crippen molar-refractivity contribution in [1.29, 1.82) is 0 Å². The summed E-state index contributed by atoms with van der Waals surface area (Å²) in [7, 11) is 3.55. The number of carbonyl (C=O) groups is 1. The number of carboxylic acid groups (broad SMARTS) is 1. The monoisotopic (exact) mass is 271 g/mol. The molecule has 0 aromatic heterocycles. The molecule has 2 unspecified atom stereocenters. The summed E-state index contributed by atoms with van der Waals surface area (Å²) in [6.07, 6.45) is -1.05. The maximum absolute atomic E-state index is 10.2. The number of benzene rings is 1. The third kappa shape index (κ3) is 5.25. The molecule has 1 aromatic carbocycles. The van der Waals surface area contributed by atoms with Crippen molar-refractivity contribution in [3.05, 3.63) is 29.8 Å². The summed E-state index contributed by atoms with van der Waals surface area (Å²) < 4.78 is 0.222. The van der Waals surface area contributed by atoms with E-state index in [4.69, 9.17) is 15.3 Å². The van der Waals surface area contributed by atoms with Gasteiger partial charge < -0.3 is 25.2 Å². The molecule has 0 saturated heterocycles. The third-order valence-corrected chi connectivity index (χ3v) is 3.05. The van der Waals surface area contributed by atoms with Crippen molar-refractivity contribution in [3.8, 4) is 5.75 Å². The molecule has 0 amide bonds. The molecular weight excluding hydrogens is 250 g/mol. The molecule has 0 saturated carbocycles. The van der Waals surface area contributed by atoms with Gasteiger partial charge in [-0.25, -0.2) is 0 Å². The Balaban J connectivity index is 0.000000344. The zero-order valence-corrected chi connectivity index (χ0v) is 11.6. The van der Waals surface area contributed by atoms with E-state index in [1.165, 1.54) is 18.2 Å². The molecule has 6 nitrogen and oxygen atoms in total. The molecule has 1 rings (SSSR count). The van der Waals surface area contributed by atoms with E-state index in [0.717, 1.165) is 0 Å². The number of para-hydroxylation sites is 1. The number of aromatic carboxylic acids is 1. The molecule has 0 aliphatic carbocycles. The van der Waals surface area contributed by atoms with Crippen LogP contribution >= 0.6 is 0 Å². The first-order chi connectivity index (χ1) is 8.60. The number of hydrogen-bond acceptors (Lipinski definition) is 5. The highest BCUT2D eigenvalue weighted by molar-refractivity contribution is 5.88. The number of aliphatic hydroxyl groups excluding tert-OH is 2. The van der Waals surface area contributed by atoms with Crippen LogP contribution in [0.2, 0.25) is 0 Å². The minimum absolute atomic E-state index is 0.178. The lowest BCUT2D eigenvalue weighted by Gasteiger charge is -2.35. The van der Waals surface area contributed by atoms with Crippen LogP contribution in [0.15, 0.2) is 24.3 Å². The van der Waals surface area contributed by atoms with Gasteiger partial charge in [0.25, 0.3) is 0 Å². The molecule has 6 heteroatoms. The van der Waals surface area contributed by atoms with Gasteiger partial charge in [-0.3, -0.25) is 4.48 Å². The van der Waals surface area contributed by atoms with Crippen LogP contribution in [0.25, 0.3) is 0 Å². The summed E-state index contributed by atoms with van der Waals surface area (Å²) in [5.41, 5.74) is -0.178. The summed E-state index contributed by atoms with van der Waals surface area (Å²) in [4.78, 5) is 10.2. The Morgan fingerprint density at radius 1 is 1.16 bits per heavy atom. The number of aliphatic hydroxyl groups is 2. The van der Waals surface area contributed by atoms with Crippen molar-refractivity contribution in [2.24, 2.45) is 0 Å². The van der Waals surface area contributed by atoms with E-state index in [2.05, 4.69) is 0 Å². The van der Waals surface area contributed by atoms with Gasteiger partial charge in [0.1, 0.15) is 5.75 Å². The van der Waals surface area contributed by atoms with E-state index >= 15 is 0 Å². The minimum Gasteiger partial charge on any atom is -0.545 e. The Morgan fingerprint density at radius 2 is 1.58 bits per heavy atom. The second-order valence-electron chi connectivity index (χ2n) is 4.70. The predicted octanol–water partition coefficient (Wildman–Crippen LogP) is -0.505. The summed E-state index contributed by atoms with van der Waals surface area (Å²) in [5, 5.41) is 37.1. The van der Waals surface area contributed by atoms with E-state index in [0.29, 0.717) is 0 Å². The number of phenols is 1. The fourth-order valence-electron chi connectivity index (χ4n) is 0.958. The second-order valence-corrected chi connectivity index (χ2v) is 4.70. The van der Waals surface area contributed by atoms with Crippen molar-refractivity contribution in [2.75, 3.05) is 14.1 Å². The fourth-order valence-corrected chi connectivity index (χ4v) is 0.958. The standard InChI is InChI=1S/C7H6O3.C6H16NO2/c8-6-4-2-1-3-5(6)7(9)10;1-5(8)7(3,4)6(2)9/h1-4,8H,(H,9,10);5-6,8-9H,1-4H3/q;+1/p-1. The second kappa shape index (κ2) is 7.08. The number of carbonyl (C=O) groups excluding carboxylic acids is 1. The largest absolute Gasteiger partial charge is 0.545 e. The zero-order valence-electron chi connectivity index (χ0n) is 11.6. The molecule has 0 aliphatic rings. The van der Waals surface area contributed by atoms with Crippen molar-refractivity contribution in [2.45, 2.75) is 26.3 Å². The topological polar surface area (TPSA) is 101 Å². The van der Waals surface area contributed by atoms with Crippen molar-refractivity contribution in [3.63, 3.8) is 0 Å². The number of nitrogens with zero attached hydrogens (tertiary/aromatic N) is 1. The number of rotatable bonds is 3. The molecule has 108 valence electrons. The lowest BCUT2D eigenvalue weighted by Crippen LogP contribution is -2.53. The Labute approximate surface area is 112 Å². The SMILES string of the molecule is CC(O)[N+](C)(C)C(C)O.O=C([O-])c1ccccc1O.